The Morgan fingerprint density at radius 3 is 2.45 bits per heavy atom. The topological polar surface area (TPSA) is 64.5 Å². The maximum Gasteiger partial charge on any atom is 0.408 e. The number of aryl methyl sites for hydroxylation is 1. The van der Waals surface area contributed by atoms with E-state index in [2.05, 4.69) is 72.4 Å². The van der Waals surface area contributed by atoms with Gasteiger partial charge in [0, 0.05) is 47.2 Å². The molecule has 1 amide bonds. The summed E-state index contributed by atoms with van der Waals surface area (Å²) < 4.78 is 13.1. The smallest absolute Gasteiger partial charge is 0.408 e. The standard InChI is InChI=1S/C25H35N3O3/c1-16(2)28-21-11-9-8-10-19(21)23-17(3)20(12-13-22(23)28)26-14-18(15-30-7)27-24(29)31-25(4,5)6/h8-13,16,18,26H,14-15H2,1-7H3,(H,27,29). The van der Waals surface area contributed by atoms with Crippen molar-refractivity contribution in [2.45, 2.75) is 59.2 Å². The van der Waals surface area contributed by atoms with Crippen LogP contribution in [0, 0.1) is 6.92 Å². The molecule has 168 valence electrons. The van der Waals surface area contributed by atoms with Crippen molar-refractivity contribution in [2.75, 3.05) is 25.6 Å². The molecule has 1 atom stereocenters. The predicted octanol–water partition coefficient (Wildman–Crippen LogP) is 5.64. The molecule has 1 heterocycles. The van der Waals surface area contributed by atoms with Gasteiger partial charge in [0.15, 0.2) is 0 Å². The van der Waals surface area contributed by atoms with Crippen molar-refractivity contribution in [2.24, 2.45) is 0 Å². The van der Waals surface area contributed by atoms with Crippen molar-refractivity contribution in [3.05, 3.63) is 42.0 Å². The maximum atomic E-state index is 12.2. The molecule has 0 saturated heterocycles. The summed E-state index contributed by atoms with van der Waals surface area (Å²) in [5.41, 5.74) is 4.19. The van der Waals surface area contributed by atoms with E-state index in [0.29, 0.717) is 19.2 Å². The highest BCUT2D eigenvalue weighted by Gasteiger charge is 2.20. The monoisotopic (exact) mass is 425 g/mol. The van der Waals surface area contributed by atoms with E-state index < -0.39 is 11.7 Å². The number of carbonyl (C=O) groups excluding carboxylic acids is 1. The van der Waals surface area contributed by atoms with E-state index in [1.165, 1.54) is 27.4 Å². The van der Waals surface area contributed by atoms with Crippen LogP contribution < -0.4 is 10.6 Å². The fourth-order valence-electron chi connectivity index (χ4n) is 4.07. The van der Waals surface area contributed by atoms with Crippen LogP contribution in [0.2, 0.25) is 0 Å². The fraction of sp³-hybridized carbons (Fsp3) is 0.480. The van der Waals surface area contributed by atoms with Gasteiger partial charge in [-0.3, -0.25) is 0 Å². The summed E-state index contributed by atoms with van der Waals surface area (Å²) in [4.78, 5) is 12.2. The van der Waals surface area contributed by atoms with Crippen molar-refractivity contribution in [1.29, 1.82) is 0 Å². The van der Waals surface area contributed by atoms with Crippen LogP contribution in [0.1, 0.15) is 46.2 Å². The highest BCUT2D eigenvalue weighted by molar-refractivity contribution is 6.11. The third kappa shape index (κ3) is 5.13. The molecule has 2 aromatic carbocycles. The lowest BCUT2D eigenvalue weighted by molar-refractivity contribution is 0.0474. The molecule has 3 aromatic rings. The van der Waals surface area contributed by atoms with Gasteiger partial charge in [0.25, 0.3) is 0 Å². The first-order valence-corrected chi connectivity index (χ1v) is 10.9. The normalized spacial score (nSPS) is 13.0. The number of alkyl carbamates (subject to hydrolysis) is 1. The summed E-state index contributed by atoms with van der Waals surface area (Å²) in [6.07, 6.45) is -0.441. The minimum atomic E-state index is -0.540. The predicted molar refractivity (Wildman–Crippen MR) is 128 cm³/mol. The fourth-order valence-corrected chi connectivity index (χ4v) is 4.07. The van der Waals surface area contributed by atoms with Crippen LogP contribution in [0.25, 0.3) is 21.8 Å². The Balaban J connectivity index is 1.87. The number of methoxy groups -OCH3 is 1. The van der Waals surface area contributed by atoms with E-state index in [9.17, 15) is 4.79 Å². The second-order valence-corrected chi connectivity index (χ2v) is 9.29. The van der Waals surface area contributed by atoms with Gasteiger partial charge in [-0.2, -0.15) is 0 Å². The van der Waals surface area contributed by atoms with Crippen LogP contribution in [-0.4, -0.2) is 42.6 Å². The molecule has 0 spiro atoms. The molecule has 0 radical (unpaired) electrons. The Morgan fingerprint density at radius 2 is 1.81 bits per heavy atom. The SMILES string of the molecule is COCC(CNc1ccc2c(c1C)c1ccccc1n2C(C)C)NC(=O)OC(C)(C)C. The van der Waals surface area contributed by atoms with Gasteiger partial charge in [-0.15, -0.1) is 0 Å². The van der Waals surface area contributed by atoms with Crippen LogP contribution in [0.15, 0.2) is 36.4 Å². The van der Waals surface area contributed by atoms with Crippen LogP contribution in [0.5, 0.6) is 0 Å². The zero-order chi connectivity index (χ0) is 22.8. The number of ether oxygens (including phenoxy) is 2. The van der Waals surface area contributed by atoms with Crippen molar-refractivity contribution < 1.29 is 14.3 Å². The van der Waals surface area contributed by atoms with Crippen LogP contribution in [0.3, 0.4) is 0 Å². The van der Waals surface area contributed by atoms with Crippen molar-refractivity contribution in [1.82, 2.24) is 9.88 Å². The molecule has 2 N–H and O–H groups in total. The summed E-state index contributed by atoms with van der Waals surface area (Å²) in [6, 6.07) is 13.0. The minimum Gasteiger partial charge on any atom is -0.444 e. The lowest BCUT2D eigenvalue weighted by Crippen LogP contribution is -2.45. The van der Waals surface area contributed by atoms with Crippen LogP contribution >= 0.6 is 0 Å². The number of hydrogen-bond acceptors (Lipinski definition) is 4. The second kappa shape index (κ2) is 9.18. The van der Waals surface area contributed by atoms with Gasteiger partial charge in [-0.25, -0.2) is 4.79 Å². The molecule has 1 aromatic heterocycles. The molecular formula is C25H35N3O3. The van der Waals surface area contributed by atoms with Gasteiger partial charge in [0.05, 0.1) is 12.6 Å². The lowest BCUT2D eigenvalue weighted by atomic mass is 10.1. The molecule has 1 unspecified atom stereocenters. The maximum absolute atomic E-state index is 12.2. The summed E-state index contributed by atoms with van der Waals surface area (Å²) >= 11 is 0. The van der Waals surface area contributed by atoms with Gasteiger partial charge >= 0.3 is 6.09 Å². The Kier molecular flexibility index (Phi) is 6.80. The first-order valence-electron chi connectivity index (χ1n) is 10.9. The highest BCUT2D eigenvalue weighted by Crippen LogP contribution is 2.36. The Bertz CT molecular complexity index is 1060. The molecular weight excluding hydrogens is 390 g/mol. The molecule has 0 bridgehead atoms. The van der Waals surface area contributed by atoms with E-state index in [-0.39, 0.29) is 6.04 Å². The lowest BCUT2D eigenvalue weighted by Gasteiger charge is -2.24. The number of anilines is 1. The van der Waals surface area contributed by atoms with Crippen molar-refractivity contribution >= 4 is 33.6 Å². The number of fused-ring (bicyclic) bond motifs is 3. The highest BCUT2D eigenvalue weighted by atomic mass is 16.6. The number of para-hydroxylation sites is 1. The van der Waals surface area contributed by atoms with E-state index in [0.717, 1.165) is 5.69 Å². The average Bonchev–Trinajstić information content (AvgIpc) is 3.01. The first kappa shape index (κ1) is 22.9. The van der Waals surface area contributed by atoms with Gasteiger partial charge in [-0.05, 0) is 65.3 Å². The van der Waals surface area contributed by atoms with Crippen molar-refractivity contribution in [3.8, 4) is 0 Å². The van der Waals surface area contributed by atoms with Crippen molar-refractivity contribution in [3.63, 3.8) is 0 Å². The van der Waals surface area contributed by atoms with E-state index >= 15 is 0 Å². The quantitative estimate of drug-likeness (QED) is 0.514. The first-order chi connectivity index (χ1) is 14.6. The van der Waals surface area contributed by atoms with Gasteiger partial charge in [-0.1, -0.05) is 18.2 Å². The number of nitrogens with one attached hydrogen (secondary N) is 2. The van der Waals surface area contributed by atoms with Gasteiger partial charge in [0.2, 0.25) is 0 Å². The number of benzene rings is 2. The van der Waals surface area contributed by atoms with E-state index in [1.807, 2.05) is 20.8 Å². The summed E-state index contributed by atoms with van der Waals surface area (Å²) in [6.45, 7) is 13.0. The Hall–Kier alpha value is -2.73. The number of hydrogen-bond donors (Lipinski definition) is 2. The van der Waals surface area contributed by atoms with E-state index in [1.54, 1.807) is 7.11 Å². The molecule has 6 heteroatoms. The van der Waals surface area contributed by atoms with Crippen LogP contribution in [0.4, 0.5) is 10.5 Å². The molecule has 31 heavy (non-hydrogen) atoms. The Morgan fingerprint density at radius 1 is 1.10 bits per heavy atom. The molecule has 3 rings (SSSR count). The van der Waals surface area contributed by atoms with E-state index in [4.69, 9.17) is 9.47 Å². The third-order valence-corrected chi connectivity index (χ3v) is 5.28. The van der Waals surface area contributed by atoms with Gasteiger partial charge < -0.3 is 24.7 Å². The summed E-state index contributed by atoms with van der Waals surface area (Å²) in [7, 11) is 1.63. The molecule has 6 nitrogen and oxygen atoms in total. The molecule has 0 aliphatic rings. The number of amides is 1. The van der Waals surface area contributed by atoms with Gasteiger partial charge in [0.1, 0.15) is 5.60 Å². The number of rotatable bonds is 7. The van der Waals surface area contributed by atoms with Crippen LogP contribution in [-0.2, 0) is 9.47 Å². The number of carbonyl (C=O) groups is 1. The molecule has 0 aliphatic heterocycles. The largest absolute Gasteiger partial charge is 0.444 e. The summed E-state index contributed by atoms with van der Waals surface area (Å²) in [5, 5.41) is 8.92. The molecule has 0 aliphatic carbocycles. The second-order valence-electron chi connectivity index (χ2n) is 9.29. The average molecular weight is 426 g/mol. The summed E-state index contributed by atoms with van der Waals surface area (Å²) in [5.74, 6) is 0. The number of aromatic nitrogens is 1. The molecule has 0 saturated carbocycles. The zero-order valence-electron chi connectivity index (χ0n) is 19.7. The minimum absolute atomic E-state index is 0.216. The zero-order valence-corrected chi connectivity index (χ0v) is 19.7. The Labute approximate surface area is 184 Å². The third-order valence-electron chi connectivity index (χ3n) is 5.28. The number of nitrogens with zero attached hydrogens (tertiary/aromatic N) is 1. The molecule has 0 fully saturated rings.